The van der Waals surface area contributed by atoms with Crippen molar-refractivity contribution in [3.63, 3.8) is 0 Å². The Hall–Kier alpha value is -2.17. The summed E-state index contributed by atoms with van der Waals surface area (Å²) >= 11 is 0. The van der Waals surface area contributed by atoms with Crippen LogP contribution in [-0.2, 0) is 4.79 Å². The summed E-state index contributed by atoms with van der Waals surface area (Å²) in [6.07, 6.45) is 4.30. The molecule has 0 unspecified atom stereocenters. The summed E-state index contributed by atoms with van der Waals surface area (Å²) in [6.45, 7) is 3.65. The lowest BCUT2D eigenvalue weighted by Gasteiger charge is -2.18. The zero-order valence-electron chi connectivity index (χ0n) is 12.5. The molecule has 1 aliphatic rings. The summed E-state index contributed by atoms with van der Waals surface area (Å²) in [5.74, 6) is 0.284. The smallest absolute Gasteiger partial charge is 0.271 e. The highest BCUT2D eigenvalue weighted by molar-refractivity contribution is 5.96. The molecule has 5 heteroatoms. The molecule has 0 radical (unpaired) electrons. The van der Waals surface area contributed by atoms with Crippen LogP contribution in [0.4, 0.5) is 5.69 Å². The van der Waals surface area contributed by atoms with Gasteiger partial charge in [-0.3, -0.25) is 9.59 Å². The molecule has 1 fully saturated rings. The number of hydrogen-bond acceptors (Lipinski definition) is 3. The minimum atomic E-state index is -0.227. The average Bonchev–Trinajstić information content (AvgIpc) is 2.45. The van der Waals surface area contributed by atoms with Crippen molar-refractivity contribution in [1.82, 2.24) is 5.43 Å². The van der Waals surface area contributed by atoms with Crippen molar-refractivity contribution in [1.29, 1.82) is 0 Å². The summed E-state index contributed by atoms with van der Waals surface area (Å²) in [5, 5.41) is 6.89. The van der Waals surface area contributed by atoms with E-state index < -0.39 is 0 Å². The highest BCUT2D eigenvalue weighted by atomic mass is 16.2. The van der Waals surface area contributed by atoms with E-state index in [2.05, 4.69) is 22.8 Å². The summed E-state index contributed by atoms with van der Waals surface area (Å²) < 4.78 is 0. The Kier molecular flexibility index (Phi) is 5.09. The van der Waals surface area contributed by atoms with Crippen LogP contribution in [0.3, 0.4) is 0 Å². The van der Waals surface area contributed by atoms with E-state index in [1.807, 2.05) is 0 Å². The first-order chi connectivity index (χ1) is 10.0. The normalized spacial score (nSPS) is 20.1. The van der Waals surface area contributed by atoms with E-state index >= 15 is 0 Å². The molecule has 0 aromatic heterocycles. The number of rotatable bonds is 3. The third-order valence-electron chi connectivity index (χ3n) is 3.53. The van der Waals surface area contributed by atoms with Gasteiger partial charge in [0.05, 0.1) is 0 Å². The second-order valence-corrected chi connectivity index (χ2v) is 5.58. The minimum absolute atomic E-state index is 0.134. The first-order valence-electron chi connectivity index (χ1n) is 7.28. The highest BCUT2D eigenvalue weighted by Crippen LogP contribution is 2.21. The molecule has 1 aliphatic carbocycles. The van der Waals surface area contributed by atoms with Gasteiger partial charge in [0, 0.05) is 23.9 Å². The van der Waals surface area contributed by atoms with Gasteiger partial charge in [0.2, 0.25) is 5.91 Å². The number of nitrogens with zero attached hydrogens (tertiary/aromatic N) is 1. The number of hydrazone groups is 1. The second kappa shape index (κ2) is 7.02. The molecule has 0 bridgehead atoms. The van der Waals surface area contributed by atoms with Crippen LogP contribution in [-0.4, -0.2) is 17.5 Å². The Bertz CT molecular complexity index is 549. The van der Waals surface area contributed by atoms with Gasteiger partial charge in [-0.25, -0.2) is 5.43 Å². The number of carbonyl (C=O) groups is 2. The van der Waals surface area contributed by atoms with Gasteiger partial charge >= 0.3 is 0 Å². The molecule has 2 amide bonds. The number of nitrogens with one attached hydrogen (secondary N) is 2. The Labute approximate surface area is 124 Å². The zero-order chi connectivity index (χ0) is 15.2. The fourth-order valence-corrected chi connectivity index (χ4v) is 2.47. The molecular weight excluding hydrogens is 266 g/mol. The molecule has 0 heterocycles. The number of carbonyl (C=O) groups excluding carboxylic acids is 2. The third-order valence-corrected chi connectivity index (χ3v) is 3.53. The molecule has 1 saturated carbocycles. The SMILES string of the molecule is CC(=O)Nc1ccc(C(=O)N/N=C2/CCC[C@H](C)C2)cc1. The predicted octanol–water partition coefficient (Wildman–Crippen LogP) is 2.94. The van der Waals surface area contributed by atoms with Crippen molar-refractivity contribution in [2.24, 2.45) is 11.0 Å². The largest absolute Gasteiger partial charge is 0.326 e. The number of hydrogen-bond donors (Lipinski definition) is 2. The van der Waals surface area contributed by atoms with Crippen molar-refractivity contribution in [3.05, 3.63) is 29.8 Å². The van der Waals surface area contributed by atoms with Crippen LogP contribution >= 0.6 is 0 Å². The molecule has 2 rings (SSSR count). The lowest BCUT2D eigenvalue weighted by Crippen LogP contribution is -2.22. The summed E-state index contributed by atoms with van der Waals surface area (Å²) in [7, 11) is 0. The highest BCUT2D eigenvalue weighted by Gasteiger charge is 2.14. The number of anilines is 1. The fourth-order valence-electron chi connectivity index (χ4n) is 2.47. The molecule has 21 heavy (non-hydrogen) atoms. The fraction of sp³-hybridized carbons (Fsp3) is 0.438. The van der Waals surface area contributed by atoms with E-state index in [1.165, 1.54) is 13.3 Å². The Morgan fingerprint density at radius 2 is 1.95 bits per heavy atom. The van der Waals surface area contributed by atoms with E-state index in [4.69, 9.17) is 0 Å². The summed E-state index contributed by atoms with van der Waals surface area (Å²) in [4.78, 5) is 22.9. The molecular formula is C16H21N3O2. The number of benzene rings is 1. The lowest BCUT2D eigenvalue weighted by atomic mass is 9.89. The van der Waals surface area contributed by atoms with E-state index in [1.54, 1.807) is 24.3 Å². The quantitative estimate of drug-likeness (QED) is 0.839. The van der Waals surface area contributed by atoms with Crippen molar-refractivity contribution in [2.75, 3.05) is 5.32 Å². The molecule has 0 aliphatic heterocycles. The van der Waals surface area contributed by atoms with Gasteiger partial charge in [-0.1, -0.05) is 6.92 Å². The van der Waals surface area contributed by atoms with Crippen LogP contribution in [0.25, 0.3) is 0 Å². The van der Waals surface area contributed by atoms with Crippen molar-refractivity contribution < 1.29 is 9.59 Å². The summed E-state index contributed by atoms with van der Waals surface area (Å²) in [5.41, 5.74) is 4.88. The second-order valence-electron chi connectivity index (χ2n) is 5.58. The molecule has 112 valence electrons. The average molecular weight is 287 g/mol. The van der Waals surface area contributed by atoms with Crippen molar-refractivity contribution in [3.8, 4) is 0 Å². The van der Waals surface area contributed by atoms with Crippen LogP contribution < -0.4 is 10.7 Å². The molecule has 1 atom stereocenters. The van der Waals surface area contributed by atoms with Crippen LogP contribution in [0.1, 0.15) is 49.9 Å². The van der Waals surface area contributed by atoms with Crippen molar-refractivity contribution in [2.45, 2.75) is 39.5 Å². The molecule has 2 N–H and O–H groups in total. The third kappa shape index (κ3) is 4.70. The Balaban J connectivity index is 1.93. The van der Waals surface area contributed by atoms with Crippen LogP contribution in [0.5, 0.6) is 0 Å². The van der Waals surface area contributed by atoms with E-state index in [0.717, 1.165) is 25.0 Å². The minimum Gasteiger partial charge on any atom is -0.326 e. The monoisotopic (exact) mass is 287 g/mol. The lowest BCUT2D eigenvalue weighted by molar-refractivity contribution is -0.114. The van der Waals surface area contributed by atoms with Crippen LogP contribution in [0.2, 0.25) is 0 Å². The van der Waals surface area contributed by atoms with Gasteiger partial charge in [-0.05, 0) is 55.9 Å². The van der Waals surface area contributed by atoms with E-state index in [9.17, 15) is 9.59 Å². The Morgan fingerprint density at radius 1 is 1.24 bits per heavy atom. The topological polar surface area (TPSA) is 70.6 Å². The molecule has 1 aromatic rings. The van der Waals surface area contributed by atoms with Gasteiger partial charge in [0.25, 0.3) is 5.91 Å². The maximum Gasteiger partial charge on any atom is 0.271 e. The molecule has 0 spiro atoms. The standard InChI is InChI=1S/C16H21N3O2/c1-11-4-3-5-15(10-11)18-19-16(21)13-6-8-14(9-7-13)17-12(2)20/h6-9,11H,3-5,10H2,1-2H3,(H,17,20)(H,19,21)/b18-15-/t11-/m0/s1. The molecule has 0 saturated heterocycles. The maximum atomic E-state index is 12.0. The van der Waals surface area contributed by atoms with Crippen molar-refractivity contribution >= 4 is 23.2 Å². The first-order valence-corrected chi connectivity index (χ1v) is 7.28. The van der Waals surface area contributed by atoms with Gasteiger partial charge in [0.15, 0.2) is 0 Å². The predicted molar refractivity (Wildman–Crippen MR) is 83.3 cm³/mol. The summed E-state index contributed by atoms with van der Waals surface area (Å²) in [6, 6.07) is 6.74. The number of amides is 2. The van der Waals surface area contributed by atoms with Crippen LogP contribution in [0, 0.1) is 5.92 Å². The van der Waals surface area contributed by atoms with E-state index in [-0.39, 0.29) is 11.8 Å². The molecule has 1 aromatic carbocycles. The molecule has 5 nitrogen and oxygen atoms in total. The van der Waals surface area contributed by atoms with Gasteiger partial charge in [0.1, 0.15) is 0 Å². The first kappa shape index (κ1) is 15.2. The van der Waals surface area contributed by atoms with Gasteiger partial charge < -0.3 is 5.32 Å². The van der Waals surface area contributed by atoms with Gasteiger partial charge in [-0.2, -0.15) is 5.10 Å². The van der Waals surface area contributed by atoms with Gasteiger partial charge in [-0.15, -0.1) is 0 Å². The zero-order valence-corrected chi connectivity index (χ0v) is 12.5. The van der Waals surface area contributed by atoms with E-state index in [0.29, 0.717) is 17.2 Å². The Morgan fingerprint density at radius 3 is 2.57 bits per heavy atom. The van der Waals surface area contributed by atoms with Crippen LogP contribution in [0.15, 0.2) is 29.4 Å². The maximum absolute atomic E-state index is 12.0.